The number of nitrogens with two attached hydrogens (primary N) is 1. The van der Waals surface area contributed by atoms with Crippen LogP contribution in [0.3, 0.4) is 0 Å². The van der Waals surface area contributed by atoms with Crippen molar-refractivity contribution in [3.05, 3.63) is 0 Å². The van der Waals surface area contributed by atoms with Crippen LogP contribution in [-0.2, 0) is 4.74 Å². The van der Waals surface area contributed by atoms with E-state index in [0.717, 1.165) is 39.1 Å². The molecule has 16 heavy (non-hydrogen) atoms. The van der Waals surface area contributed by atoms with Gasteiger partial charge >= 0.3 is 0 Å². The van der Waals surface area contributed by atoms with Gasteiger partial charge in [-0.2, -0.15) is 0 Å². The van der Waals surface area contributed by atoms with Gasteiger partial charge in [0.2, 0.25) is 0 Å². The Morgan fingerprint density at radius 2 is 2.25 bits per heavy atom. The molecule has 1 unspecified atom stereocenters. The maximum absolute atomic E-state index is 5.71. The summed E-state index contributed by atoms with van der Waals surface area (Å²) >= 11 is 5.06. The molecule has 1 fully saturated rings. The van der Waals surface area contributed by atoms with Gasteiger partial charge in [0, 0.05) is 18.5 Å². The summed E-state index contributed by atoms with van der Waals surface area (Å²) < 4.78 is 5.51. The molecule has 1 atom stereocenters. The van der Waals surface area contributed by atoms with E-state index in [1.165, 1.54) is 0 Å². The zero-order chi connectivity index (χ0) is 12.2. The Hall–Kier alpha value is -0.190. The molecular weight excluding hydrogens is 220 g/mol. The van der Waals surface area contributed by atoms with E-state index in [1.54, 1.807) is 0 Å². The van der Waals surface area contributed by atoms with E-state index in [-0.39, 0.29) is 5.41 Å². The molecule has 0 amide bonds. The molecule has 2 N–H and O–H groups in total. The molecule has 0 radical (unpaired) electrons. The first-order valence-corrected chi connectivity index (χ1v) is 6.46. The van der Waals surface area contributed by atoms with Gasteiger partial charge in [-0.05, 0) is 26.3 Å². The van der Waals surface area contributed by atoms with Gasteiger partial charge < -0.3 is 10.5 Å². The van der Waals surface area contributed by atoms with Gasteiger partial charge in [0.25, 0.3) is 0 Å². The van der Waals surface area contributed by atoms with Crippen LogP contribution in [0.4, 0.5) is 0 Å². The van der Waals surface area contributed by atoms with Crippen molar-refractivity contribution < 1.29 is 4.74 Å². The van der Waals surface area contributed by atoms with Crippen LogP contribution in [0.1, 0.15) is 33.6 Å². The standard InChI is InChI=1S/C12H24N2OS/c1-10-9-14(7-8-15-10)6-4-5-12(2,3)11(13)16/h10H,4-9H2,1-3H3,(H2,13,16). The van der Waals surface area contributed by atoms with Crippen LogP contribution in [0.25, 0.3) is 0 Å². The van der Waals surface area contributed by atoms with Crippen molar-refractivity contribution in [2.45, 2.75) is 39.7 Å². The lowest BCUT2D eigenvalue weighted by atomic mass is 9.88. The second-order valence-electron chi connectivity index (χ2n) is 5.33. The lowest BCUT2D eigenvalue weighted by Crippen LogP contribution is -2.41. The van der Waals surface area contributed by atoms with Crippen molar-refractivity contribution >= 4 is 17.2 Å². The molecular formula is C12H24N2OS. The van der Waals surface area contributed by atoms with Gasteiger partial charge in [0.05, 0.1) is 17.7 Å². The SMILES string of the molecule is CC1CN(CCCC(C)(C)C(N)=S)CCO1. The van der Waals surface area contributed by atoms with Crippen LogP contribution in [0.2, 0.25) is 0 Å². The first-order valence-electron chi connectivity index (χ1n) is 6.06. The molecule has 4 heteroatoms. The van der Waals surface area contributed by atoms with Crippen LogP contribution < -0.4 is 5.73 Å². The number of thiocarbonyl (C=S) groups is 1. The Labute approximate surface area is 104 Å². The van der Waals surface area contributed by atoms with Crippen molar-refractivity contribution in [2.75, 3.05) is 26.2 Å². The lowest BCUT2D eigenvalue weighted by Gasteiger charge is -2.32. The number of rotatable bonds is 5. The highest BCUT2D eigenvalue weighted by Crippen LogP contribution is 2.22. The minimum atomic E-state index is -0.00671. The molecule has 0 aromatic rings. The van der Waals surface area contributed by atoms with Crippen molar-refractivity contribution in [1.82, 2.24) is 4.90 Å². The summed E-state index contributed by atoms with van der Waals surface area (Å²) in [6.45, 7) is 10.5. The molecule has 0 aliphatic carbocycles. The molecule has 0 bridgehead atoms. The molecule has 0 saturated carbocycles. The summed E-state index contributed by atoms with van der Waals surface area (Å²) in [6, 6.07) is 0. The quantitative estimate of drug-likeness (QED) is 0.749. The molecule has 0 aromatic carbocycles. The fourth-order valence-corrected chi connectivity index (χ4v) is 2.06. The molecule has 1 rings (SSSR count). The van der Waals surface area contributed by atoms with Crippen molar-refractivity contribution in [3.63, 3.8) is 0 Å². The molecule has 3 nitrogen and oxygen atoms in total. The molecule has 0 spiro atoms. The highest BCUT2D eigenvalue weighted by Gasteiger charge is 2.22. The van der Waals surface area contributed by atoms with Crippen molar-refractivity contribution in [1.29, 1.82) is 0 Å². The van der Waals surface area contributed by atoms with E-state index in [0.29, 0.717) is 11.1 Å². The van der Waals surface area contributed by atoms with E-state index in [1.807, 2.05) is 0 Å². The average Bonchev–Trinajstić information content (AvgIpc) is 2.17. The minimum absolute atomic E-state index is 0.00671. The third kappa shape index (κ3) is 4.36. The van der Waals surface area contributed by atoms with Crippen molar-refractivity contribution in [3.8, 4) is 0 Å². The zero-order valence-electron chi connectivity index (χ0n) is 10.7. The number of morpholine rings is 1. The molecule has 1 aliphatic heterocycles. The summed E-state index contributed by atoms with van der Waals surface area (Å²) in [5.41, 5.74) is 5.70. The fourth-order valence-electron chi connectivity index (χ4n) is 1.96. The first kappa shape index (κ1) is 13.9. The van der Waals surface area contributed by atoms with Gasteiger partial charge in [0.1, 0.15) is 0 Å². The van der Waals surface area contributed by atoms with Crippen molar-refractivity contribution in [2.24, 2.45) is 11.1 Å². The monoisotopic (exact) mass is 244 g/mol. The van der Waals surface area contributed by atoms with Crippen LogP contribution in [0.15, 0.2) is 0 Å². The summed E-state index contributed by atoms with van der Waals surface area (Å²) in [4.78, 5) is 3.09. The van der Waals surface area contributed by atoms with Gasteiger partial charge in [-0.1, -0.05) is 26.1 Å². The maximum atomic E-state index is 5.71. The smallest absolute Gasteiger partial charge is 0.0784 e. The molecule has 1 aliphatic rings. The second kappa shape index (κ2) is 5.94. The summed E-state index contributed by atoms with van der Waals surface area (Å²) in [5.74, 6) is 0. The Kier molecular flexibility index (Phi) is 5.15. The van der Waals surface area contributed by atoms with Crippen LogP contribution in [0.5, 0.6) is 0 Å². The van der Waals surface area contributed by atoms with Gasteiger partial charge in [-0.25, -0.2) is 0 Å². The fraction of sp³-hybridized carbons (Fsp3) is 0.917. The Morgan fingerprint density at radius 3 is 2.81 bits per heavy atom. The number of hydrogen-bond donors (Lipinski definition) is 1. The Bertz CT molecular complexity index is 243. The van der Waals surface area contributed by atoms with Crippen LogP contribution in [-0.4, -0.2) is 42.2 Å². The normalized spacial score (nSPS) is 23.3. The first-order chi connectivity index (χ1) is 7.42. The molecule has 94 valence electrons. The summed E-state index contributed by atoms with van der Waals surface area (Å²) in [6.07, 6.45) is 2.59. The van der Waals surface area contributed by atoms with E-state index in [4.69, 9.17) is 22.7 Å². The zero-order valence-corrected chi connectivity index (χ0v) is 11.5. The molecule has 1 saturated heterocycles. The number of ether oxygens (including phenoxy) is 1. The number of nitrogens with zero attached hydrogens (tertiary/aromatic N) is 1. The predicted molar refractivity (Wildman–Crippen MR) is 71.7 cm³/mol. The number of hydrogen-bond acceptors (Lipinski definition) is 3. The summed E-state index contributed by atoms with van der Waals surface area (Å²) in [7, 11) is 0. The highest BCUT2D eigenvalue weighted by atomic mass is 32.1. The highest BCUT2D eigenvalue weighted by molar-refractivity contribution is 7.80. The molecule has 1 heterocycles. The van der Waals surface area contributed by atoms with E-state index < -0.39 is 0 Å². The largest absolute Gasteiger partial charge is 0.393 e. The third-order valence-electron chi connectivity index (χ3n) is 3.27. The minimum Gasteiger partial charge on any atom is -0.393 e. The van der Waals surface area contributed by atoms with E-state index in [9.17, 15) is 0 Å². The Balaban J connectivity index is 2.22. The van der Waals surface area contributed by atoms with Gasteiger partial charge in [-0.15, -0.1) is 0 Å². The Morgan fingerprint density at radius 1 is 1.56 bits per heavy atom. The van der Waals surface area contributed by atoms with Gasteiger partial charge in [0.15, 0.2) is 0 Å². The molecule has 0 aromatic heterocycles. The second-order valence-corrected chi connectivity index (χ2v) is 5.77. The maximum Gasteiger partial charge on any atom is 0.0784 e. The third-order valence-corrected chi connectivity index (χ3v) is 3.82. The average molecular weight is 244 g/mol. The van der Waals surface area contributed by atoms with Crippen LogP contribution >= 0.6 is 12.2 Å². The lowest BCUT2D eigenvalue weighted by molar-refractivity contribution is -0.0189. The van der Waals surface area contributed by atoms with Gasteiger partial charge in [-0.3, -0.25) is 4.90 Å². The van der Waals surface area contributed by atoms with Crippen LogP contribution in [0, 0.1) is 5.41 Å². The summed E-state index contributed by atoms with van der Waals surface area (Å²) in [5, 5.41) is 0. The van der Waals surface area contributed by atoms with E-state index in [2.05, 4.69) is 25.7 Å². The topological polar surface area (TPSA) is 38.5 Å². The predicted octanol–water partition coefficient (Wildman–Crippen LogP) is 1.80. The van der Waals surface area contributed by atoms with E-state index >= 15 is 0 Å².